The number of nitrogen functional groups attached to an aromatic ring is 1. The van der Waals surface area contributed by atoms with E-state index >= 15 is 0 Å². The van der Waals surface area contributed by atoms with E-state index in [-0.39, 0.29) is 5.78 Å². The molecule has 0 saturated heterocycles. The quantitative estimate of drug-likeness (QED) is 0.491. The number of anilines is 1. The Morgan fingerprint density at radius 3 is 2.81 bits per heavy atom. The zero-order valence-corrected chi connectivity index (χ0v) is 8.92. The third kappa shape index (κ3) is 1.11. The van der Waals surface area contributed by atoms with E-state index in [1.807, 2.05) is 6.07 Å². The Balaban J connectivity index is 2.32. The lowest BCUT2D eigenvalue weighted by Gasteiger charge is -2.21. The van der Waals surface area contributed by atoms with E-state index < -0.39 is 5.50 Å². The Bertz CT molecular complexity index is 508. The van der Waals surface area contributed by atoms with Gasteiger partial charge in [0, 0.05) is 23.2 Å². The molecule has 0 amide bonds. The van der Waals surface area contributed by atoms with Crippen LogP contribution in [-0.2, 0) is 18.3 Å². The Morgan fingerprint density at radius 1 is 1.31 bits per heavy atom. The van der Waals surface area contributed by atoms with Gasteiger partial charge in [0.2, 0.25) is 0 Å². The third-order valence-corrected chi connectivity index (χ3v) is 3.64. The summed E-state index contributed by atoms with van der Waals surface area (Å²) in [5.41, 5.74) is 8.20. The maximum atomic E-state index is 11.7. The molecule has 0 fully saturated rings. The minimum Gasteiger partial charge on any atom is -0.398 e. The first-order valence-corrected chi connectivity index (χ1v) is 5.50. The number of nitrogens with two attached hydrogens (primary N) is 1. The van der Waals surface area contributed by atoms with E-state index in [1.165, 1.54) is 0 Å². The summed E-state index contributed by atoms with van der Waals surface area (Å²) in [4.78, 5) is 11.7. The van der Waals surface area contributed by atoms with Crippen LogP contribution in [0, 0.1) is 0 Å². The first-order chi connectivity index (χ1) is 7.50. The first-order valence-electron chi connectivity index (χ1n) is 5.50. The van der Waals surface area contributed by atoms with Crippen LogP contribution in [0.2, 0.25) is 0 Å². The monoisotopic (exact) mass is 213 g/mol. The molecule has 0 saturated carbocycles. The summed E-state index contributed by atoms with van der Waals surface area (Å²) in [5.74, 6) is 0.0676. The van der Waals surface area contributed by atoms with Crippen LogP contribution in [0.3, 0.4) is 0 Å². The van der Waals surface area contributed by atoms with Crippen LogP contribution >= 0.6 is 0 Å². The van der Waals surface area contributed by atoms with Gasteiger partial charge in [-0.25, -0.2) is 0 Å². The van der Waals surface area contributed by atoms with Crippen molar-refractivity contribution in [1.29, 1.82) is 0 Å². The number of hydrogen-bond acceptors (Lipinski definition) is 3. The molecule has 4 heteroatoms. The van der Waals surface area contributed by atoms with Crippen molar-refractivity contribution in [3.05, 3.63) is 28.3 Å². The molecule has 16 heavy (non-hydrogen) atoms. The number of carbonyl (C=O) groups is 1. The van der Waals surface area contributed by atoms with Crippen molar-refractivity contribution in [2.75, 3.05) is 5.73 Å². The van der Waals surface area contributed by atoms with E-state index in [2.05, 4.69) is 0 Å². The average Bonchev–Trinajstić information content (AvgIpc) is 2.70. The van der Waals surface area contributed by atoms with E-state index in [0.29, 0.717) is 29.7 Å². The number of aryl methyl sites for hydroxylation is 2. The molecule has 2 aliphatic carbocycles. The minimum atomic E-state index is -1.36. The Kier molecular flexibility index (Phi) is 1.79. The molecule has 0 aliphatic heterocycles. The summed E-state index contributed by atoms with van der Waals surface area (Å²) < 4.78 is 0. The Labute approximate surface area is 95.1 Å². The zero-order valence-electron chi connectivity index (χ0n) is 8.92. The number of Topliss-reactive ketones (excluding diaryl/α,β-unsaturated/α-hetero) is 1. The molecule has 3 N–H and O–H groups in total. The van der Waals surface area contributed by atoms with Gasteiger partial charge in [-0.1, -0.05) is 6.07 Å². The number of carbonyl (C=O) groups excluding carboxylic acids is 1. The van der Waals surface area contributed by atoms with Gasteiger partial charge in [0.15, 0.2) is 5.78 Å². The smallest absolute Gasteiger partial charge is 0.165 e. The third-order valence-electron chi connectivity index (χ3n) is 3.64. The maximum absolute atomic E-state index is 11.7. The normalized spacial score (nSPS) is 26.9. The fourth-order valence-electron chi connectivity index (χ4n) is 2.88. The number of fused-ring (bicyclic) bond motifs is 2. The molecule has 1 atom stereocenters. The van der Waals surface area contributed by atoms with Crippen molar-refractivity contribution < 1.29 is 9.90 Å². The largest absolute Gasteiger partial charge is 0.398 e. The van der Waals surface area contributed by atoms with Gasteiger partial charge in [0.1, 0.15) is 7.85 Å². The first kappa shape index (κ1) is 9.91. The molecule has 1 aromatic carbocycles. The second-order valence-electron chi connectivity index (χ2n) is 4.71. The number of benzene rings is 1. The van der Waals surface area contributed by atoms with Crippen molar-refractivity contribution in [3.8, 4) is 0 Å². The molecular formula is C12H12BNO2. The van der Waals surface area contributed by atoms with Gasteiger partial charge in [0.25, 0.3) is 0 Å². The molecule has 2 radical (unpaired) electrons. The molecule has 3 nitrogen and oxygen atoms in total. The highest BCUT2D eigenvalue weighted by Gasteiger charge is 2.37. The van der Waals surface area contributed by atoms with Gasteiger partial charge in [-0.05, 0) is 30.4 Å². The fraction of sp³-hybridized carbons (Fsp3) is 0.417. The molecule has 0 aromatic heterocycles. The second-order valence-corrected chi connectivity index (χ2v) is 4.71. The summed E-state index contributed by atoms with van der Waals surface area (Å²) in [7, 11) is 5.79. The van der Waals surface area contributed by atoms with Gasteiger partial charge >= 0.3 is 0 Å². The minimum absolute atomic E-state index is 0.0676. The van der Waals surface area contributed by atoms with Gasteiger partial charge in [-0.2, -0.15) is 0 Å². The number of ketones is 1. The molecule has 1 aromatic rings. The lowest BCUT2D eigenvalue weighted by Crippen LogP contribution is -2.24. The standard InChI is InChI=1S/C12H12BNO2/c13-12(16)4-3-7-5-6-1-2-8(15)9(6)11(14)10(7)12/h5,16H,1-4,14H2. The van der Waals surface area contributed by atoms with E-state index in [9.17, 15) is 9.90 Å². The predicted molar refractivity (Wildman–Crippen MR) is 61.5 cm³/mol. The summed E-state index contributed by atoms with van der Waals surface area (Å²) in [6, 6.07) is 1.98. The molecule has 0 heterocycles. The van der Waals surface area contributed by atoms with E-state index in [1.54, 1.807) is 0 Å². The second kappa shape index (κ2) is 2.89. The molecule has 0 bridgehead atoms. The average molecular weight is 213 g/mol. The molecular weight excluding hydrogens is 201 g/mol. The molecule has 2 aliphatic rings. The molecule has 0 spiro atoms. The number of aliphatic hydroxyl groups is 1. The highest BCUT2D eigenvalue weighted by Crippen LogP contribution is 2.43. The number of rotatable bonds is 0. The molecule has 1 unspecified atom stereocenters. The van der Waals surface area contributed by atoms with Crippen molar-refractivity contribution in [3.63, 3.8) is 0 Å². The van der Waals surface area contributed by atoms with Crippen molar-refractivity contribution in [1.82, 2.24) is 0 Å². The fourth-order valence-corrected chi connectivity index (χ4v) is 2.88. The van der Waals surface area contributed by atoms with Crippen molar-refractivity contribution in [2.24, 2.45) is 0 Å². The highest BCUT2D eigenvalue weighted by atomic mass is 16.3. The predicted octanol–water partition coefficient (Wildman–Crippen LogP) is 0.658. The van der Waals surface area contributed by atoms with Crippen LogP contribution in [0.5, 0.6) is 0 Å². The van der Waals surface area contributed by atoms with Crippen LogP contribution in [0.1, 0.15) is 39.9 Å². The highest BCUT2D eigenvalue weighted by molar-refractivity contribution is 6.17. The SMILES string of the molecule is [B]C1(O)CCc2cc3c(c(N)c21)C(=O)CC3. The topological polar surface area (TPSA) is 63.3 Å². The molecule has 3 rings (SSSR count). The summed E-state index contributed by atoms with van der Waals surface area (Å²) in [6.07, 6.45) is 2.48. The maximum Gasteiger partial charge on any atom is 0.165 e. The molecule has 80 valence electrons. The van der Waals surface area contributed by atoms with Crippen LogP contribution in [0.25, 0.3) is 0 Å². The van der Waals surface area contributed by atoms with E-state index in [4.69, 9.17) is 13.6 Å². The lowest BCUT2D eigenvalue weighted by molar-refractivity contribution is 0.0995. The summed E-state index contributed by atoms with van der Waals surface area (Å²) in [6.45, 7) is 0. The van der Waals surface area contributed by atoms with Crippen LogP contribution in [0.4, 0.5) is 5.69 Å². The zero-order chi connectivity index (χ0) is 11.5. The van der Waals surface area contributed by atoms with Crippen molar-refractivity contribution >= 4 is 19.3 Å². The van der Waals surface area contributed by atoms with Crippen LogP contribution in [0.15, 0.2) is 6.07 Å². The summed E-state index contributed by atoms with van der Waals surface area (Å²) >= 11 is 0. The van der Waals surface area contributed by atoms with Crippen LogP contribution in [-0.4, -0.2) is 18.7 Å². The van der Waals surface area contributed by atoms with Gasteiger partial charge in [-0.3, -0.25) is 4.79 Å². The Morgan fingerprint density at radius 2 is 2.06 bits per heavy atom. The summed E-state index contributed by atoms with van der Waals surface area (Å²) in [5, 5.41) is 10.0. The van der Waals surface area contributed by atoms with Gasteiger partial charge < -0.3 is 10.8 Å². The van der Waals surface area contributed by atoms with E-state index in [0.717, 1.165) is 24.0 Å². The van der Waals surface area contributed by atoms with Gasteiger partial charge in [0.05, 0.1) is 5.50 Å². The van der Waals surface area contributed by atoms with Crippen LogP contribution < -0.4 is 5.73 Å². The van der Waals surface area contributed by atoms with Crippen molar-refractivity contribution in [2.45, 2.75) is 31.2 Å². The number of hydrogen-bond donors (Lipinski definition) is 2. The van der Waals surface area contributed by atoms with Gasteiger partial charge in [-0.15, -0.1) is 0 Å². The lowest BCUT2D eigenvalue weighted by atomic mass is 9.75. The Hall–Kier alpha value is -1.29.